The Morgan fingerprint density at radius 1 is 0.561 bits per heavy atom. The number of anilines is 12. The van der Waals surface area contributed by atoms with Gasteiger partial charge in [0.05, 0.1) is 33.4 Å². The first kappa shape index (κ1) is 59.7. The summed E-state index contributed by atoms with van der Waals surface area (Å²) in [5.41, 5.74) is 4.88. The fraction of sp³-hybridized carbons (Fsp3) is 0.268. The highest BCUT2D eigenvalue weighted by atomic mass is 35.5. The monoisotopic (exact) mass is 1180 g/mol. The topological polar surface area (TPSA) is 229 Å². The quantitative estimate of drug-likeness (QED) is 0.0561. The molecule has 21 nitrogen and oxygen atoms in total. The van der Waals surface area contributed by atoms with Crippen LogP contribution in [0.1, 0.15) is 22.8 Å². The molecule has 2 aromatic heterocycles. The van der Waals surface area contributed by atoms with Crippen molar-refractivity contribution < 1.29 is 31.6 Å². The highest BCUT2D eigenvalue weighted by molar-refractivity contribution is 7.92. The molecule has 4 heterocycles. The predicted octanol–water partition coefficient (Wildman–Crippen LogP) is 10.3. The molecular formula is C56H62Cl2F2N16O5S. The van der Waals surface area contributed by atoms with Gasteiger partial charge in [0.25, 0.3) is 11.8 Å². The molecule has 2 aliphatic rings. The van der Waals surface area contributed by atoms with Gasteiger partial charge in [-0.05, 0) is 111 Å². The van der Waals surface area contributed by atoms with Crippen molar-refractivity contribution >= 4 is 120 Å². The predicted molar refractivity (Wildman–Crippen MR) is 323 cm³/mol. The van der Waals surface area contributed by atoms with Crippen LogP contribution in [0.15, 0.2) is 134 Å². The summed E-state index contributed by atoms with van der Waals surface area (Å²) in [6.07, 6.45) is 3.76. The number of piperazine rings is 2. The second kappa shape index (κ2) is 26.4. The maximum Gasteiger partial charge on any atom is 0.327 e. The Hall–Kier alpha value is -8.42. The minimum absolute atomic E-state index is 0.0634. The lowest BCUT2D eigenvalue weighted by atomic mass is 10.1. The Labute approximate surface area is 484 Å². The molecule has 5 amide bonds. The van der Waals surface area contributed by atoms with Crippen molar-refractivity contribution in [3.63, 3.8) is 0 Å². The maximum absolute atomic E-state index is 13.7. The molecule has 6 N–H and O–H groups in total. The Morgan fingerprint density at radius 2 is 0.988 bits per heavy atom. The highest BCUT2D eigenvalue weighted by Gasteiger charge is 2.26. The number of sulfonamides is 1. The number of nitrogens with zero attached hydrogens (tertiary/aromatic N) is 10. The van der Waals surface area contributed by atoms with E-state index in [9.17, 15) is 31.6 Å². The van der Waals surface area contributed by atoms with Crippen LogP contribution in [-0.4, -0.2) is 143 Å². The van der Waals surface area contributed by atoms with Gasteiger partial charge < -0.3 is 46.2 Å². The van der Waals surface area contributed by atoms with Crippen LogP contribution < -0.4 is 50.9 Å². The van der Waals surface area contributed by atoms with Crippen LogP contribution in [0.5, 0.6) is 0 Å². The molecular weight excluding hydrogens is 1120 g/mol. The van der Waals surface area contributed by atoms with Gasteiger partial charge in [-0.25, -0.2) is 46.7 Å². The minimum atomic E-state index is -3.48. The Bertz CT molecular complexity index is 3500. The number of aromatic nitrogens is 4. The van der Waals surface area contributed by atoms with Gasteiger partial charge in [0, 0.05) is 125 Å². The number of likely N-dealkylation sites (N-methyl/N-ethyl adjacent to an activating group) is 2. The lowest BCUT2D eigenvalue weighted by molar-refractivity contribution is 0.0174. The van der Waals surface area contributed by atoms with Gasteiger partial charge in [0.2, 0.25) is 10.0 Å². The van der Waals surface area contributed by atoms with Crippen LogP contribution >= 0.6 is 23.2 Å². The molecule has 2 saturated heterocycles. The molecule has 7 aromatic rings. The number of urea groups is 2. The van der Waals surface area contributed by atoms with Gasteiger partial charge in [-0.2, -0.15) is 0 Å². The number of halogens is 4. The Kier molecular flexibility index (Phi) is 19.3. The van der Waals surface area contributed by atoms with Crippen LogP contribution in [0.2, 0.25) is 10.0 Å². The summed E-state index contributed by atoms with van der Waals surface area (Å²) < 4.78 is 52.8. The van der Waals surface area contributed by atoms with E-state index < -0.39 is 33.9 Å². The van der Waals surface area contributed by atoms with E-state index >= 15 is 0 Å². The first-order valence-electron chi connectivity index (χ1n) is 25.7. The zero-order valence-electron chi connectivity index (χ0n) is 45.8. The van der Waals surface area contributed by atoms with Crippen LogP contribution in [0.25, 0.3) is 0 Å². The van der Waals surface area contributed by atoms with Gasteiger partial charge in [0.15, 0.2) is 0 Å². The lowest BCUT2D eigenvalue weighted by Gasteiger charge is -2.34. The van der Waals surface area contributed by atoms with E-state index in [2.05, 4.69) is 109 Å². The third-order valence-electron chi connectivity index (χ3n) is 13.2. The Balaban J connectivity index is 0.000000219. The molecule has 82 heavy (non-hydrogen) atoms. The third kappa shape index (κ3) is 16.6. The van der Waals surface area contributed by atoms with Crippen molar-refractivity contribution in [1.82, 2.24) is 29.7 Å². The maximum atomic E-state index is 13.7. The number of hydrogen-bond acceptors (Lipinski definition) is 15. The van der Waals surface area contributed by atoms with Crippen molar-refractivity contribution in [2.24, 2.45) is 0 Å². The molecule has 0 radical (unpaired) electrons. The van der Waals surface area contributed by atoms with Gasteiger partial charge in [-0.1, -0.05) is 35.3 Å². The average Bonchev–Trinajstić information content (AvgIpc) is 3.50. The number of rotatable bonds is 15. The van der Waals surface area contributed by atoms with E-state index in [1.807, 2.05) is 24.3 Å². The van der Waals surface area contributed by atoms with E-state index in [4.69, 9.17) is 23.2 Å². The van der Waals surface area contributed by atoms with E-state index in [-0.39, 0.29) is 38.2 Å². The van der Waals surface area contributed by atoms with Crippen molar-refractivity contribution in [1.29, 1.82) is 0 Å². The first-order valence-corrected chi connectivity index (χ1v) is 28.4. The van der Waals surface area contributed by atoms with Gasteiger partial charge in [-0.3, -0.25) is 19.3 Å². The first-order chi connectivity index (χ1) is 39.0. The summed E-state index contributed by atoms with van der Waals surface area (Å²) in [5.74, 6) is -1.98. The normalized spacial score (nSPS) is 13.9. The summed E-state index contributed by atoms with van der Waals surface area (Å²) in [5, 5.41) is 15.0. The molecule has 0 saturated carbocycles. The molecule has 2 fully saturated rings. The summed E-state index contributed by atoms with van der Waals surface area (Å²) in [7, 11) is 3.88. The molecule has 0 atom stereocenters. The fourth-order valence-electron chi connectivity index (χ4n) is 8.47. The number of alkyl halides is 2. The van der Waals surface area contributed by atoms with Crippen molar-refractivity contribution in [3.05, 3.63) is 155 Å². The van der Waals surface area contributed by atoms with Gasteiger partial charge in [-0.15, -0.1) is 0 Å². The summed E-state index contributed by atoms with van der Waals surface area (Å²) in [6.45, 7) is 8.86. The second-order valence-electron chi connectivity index (χ2n) is 19.6. The molecule has 0 bridgehead atoms. The molecule has 0 aliphatic carbocycles. The standard InChI is InChI=1S/C32H33ClF2N8O2.C24H29ClN8O3S/c1-32(34,35)22-6-4-5-21(17-22)30(44)39-24-9-12-26(33)27(18-24)40-31(45)42(3)29-19-28(36-20-37-29)38-23-7-10-25(11-8-23)43-15-13-41(2)14-16-43;1-31-10-12-33(13-11-31)19-7-4-17(5-8-19)28-22-15-23(27-16-26-22)32(2)24(34)29-21-14-18(6-9-20(21)25)30-37(3,35)36/h4-12,17-20H,13-16H2,1-3H3,(H,39,44)(H,40,45)(H,36,37,38);4-9,14-16,30H,10-13H2,1-3H3,(H,29,34)(H,26,27,28). The average molecular weight is 1180 g/mol. The van der Waals surface area contributed by atoms with Gasteiger partial charge in [0.1, 0.15) is 35.9 Å². The molecule has 430 valence electrons. The summed E-state index contributed by atoms with van der Waals surface area (Å²) in [6, 6.07) is 32.6. The number of carbonyl (C=O) groups is 3. The minimum Gasteiger partial charge on any atom is -0.369 e. The van der Waals surface area contributed by atoms with E-state index in [0.29, 0.717) is 29.0 Å². The van der Waals surface area contributed by atoms with Crippen molar-refractivity contribution in [2.75, 3.05) is 138 Å². The number of carbonyl (C=O) groups excluding carboxylic acids is 3. The number of amides is 5. The van der Waals surface area contributed by atoms with E-state index in [1.165, 1.54) is 82.7 Å². The smallest absolute Gasteiger partial charge is 0.327 e. The lowest BCUT2D eigenvalue weighted by Crippen LogP contribution is -2.44. The molecule has 0 unspecified atom stereocenters. The number of nitrogens with one attached hydrogen (secondary N) is 6. The summed E-state index contributed by atoms with van der Waals surface area (Å²) >= 11 is 12.5. The van der Waals surface area contributed by atoms with E-state index in [0.717, 1.165) is 88.7 Å². The fourth-order valence-corrected chi connectivity index (χ4v) is 9.36. The molecule has 0 spiro atoms. The van der Waals surface area contributed by atoms with Crippen molar-refractivity contribution in [2.45, 2.75) is 12.8 Å². The SMILES string of the molecule is CN1CCN(c2ccc(Nc3cc(N(C)C(=O)Nc4cc(NC(=O)c5cccc(C(C)(F)F)c5)ccc4Cl)ncn3)cc2)CC1.CN1CCN(c2ccc(Nc3cc(N(C)C(=O)Nc4cc(NS(C)(=O)=O)ccc4Cl)ncn3)cc2)CC1. The van der Waals surface area contributed by atoms with Crippen LogP contribution in [0.4, 0.5) is 87.1 Å². The number of benzene rings is 5. The Morgan fingerprint density at radius 3 is 1.43 bits per heavy atom. The molecule has 26 heteroatoms. The highest BCUT2D eigenvalue weighted by Crippen LogP contribution is 2.31. The molecule has 5 aromatic carbocycles. The second-order valence-corrected chi connectivity index (χ2v) is 22.2. The number of hydrogen-bond donors (Lipinski definition) is 6. The van der Waals surface area contributed by atoms with E-state index in [1.54, 1.807) is 26.2 Å². The van der Waals surface area contributed by atoms with Crippen LogP contribution in [0, 0.1) is 0 Å². The van der Waals surface area contributed by atoms with Gasteiger partial charge >= 0.3 is 12.1 Å². The molecule has 2 aliphatic heterocycles. The summed E-state index contributed by atoms with van der Waals surface area (Å²) in [4.78, 5) is 67.7. The van der Waals surface area contributed by atoms with Crippen molar-refractivity contribution in [3.8, 4) is 0 Å². The zero-order chi connectivity index (χ0) is 58.7. The third-order valence-corrected chi connectivity index (χ3v) is 14.5. The molecule has 9 rings (SSSR count). The zero-order valence-corrected chi connectivity index (χ0v) is 48.1. The largest absolute Gasteiger partial charge is 0.369 e. The van der Waals surface area contributed by atoms with Crippen LogP contribution in [-0.2, 0) is 15.9 Å². The van der Waals surface area contributed by atoms with Crippen LogP contribution in [0.3, 0.4) is 0 Å².